The molecule has 9 atom stereocenters. The molecule has 9 nitrogen and oxygen atoms in total. The monoisotopic (exact) mass is 547 g/mol. The van der Waals surface area contributed by atoms with Crippen molar-refractivity contribution in [1.82, 2.24) is 0 Å². The molecule has 9 heteroatoms. The van der Waals surface area contributed by atoms with E-state index >= 15 is 0 Å². The second kappa shape index (κ2) is 7.36. The number of amides is 1. The highest BCUT2D eigenvalue weighted by atomic mass is 16.4. The minimum atomic E-state index is -2.81. The van der Waals surface area contributed by atoms with Crippen molar-refractivity contribution in [3.63, 3.8) is 0 Å². The van der Waals surface area contributed by atoms with E-state index in [1.807, 2.05) is 12.1 Å². The standard InChI is InChI=1S/C31H33NO8/c1-10-14-2-3-15(16-9-30-12-4-11(6-17(16)30)5-13(30)7-12)24(34)21(14)26(36)23-20(10)25(35)18-8-19(33)22(29(32)39)27(37)31(18,40)28(23)38/h2-3,10-13,16-18,20,25,33-35,38,40H,4-9H2,1H3,(H2,32,39)/t10-,11?,12?,13?,16?,17?,18+,20+,25+,30?,31+/m0/s1. The minimum absolute atomic E-state index is 0.0286. The number of nitrogens with two attached hydrogens (primary N) is 1. The van der Waals surface area contributed by atoms with Gasteiger partial charge in [0.25, 0.3) is 5.91 Å². The third-order valence-electron chi connectivity index (χ3n) is 12.6. The first-order valence-electron chi connectivity index (χ1n) is 14.4. The zero-order valence-electron chi connectivity index (χ0n) is 22.1. The zero-order valence-corrected chi connectivity index (χ0v) is 22.1. The molecule has 1 aromatic rings. The number of carbonyl (C=O) groups is 3. The van der Waals surface area contributed by atoms with Gasteiger partial charge in [0.05, 0.1) is 11.7 Å². The molecule has 0 radical (unpaired) electrons. The van der Waals surface area contributed by atoms with Gasteiger partial charge in [-0.1, -0.05) is 19.1 Å². The molecule has 9 aliphatic carbocycles. The van der Waals surface area contributed by atoms with Crippen molar-refractivity contribution in [1.29, 1.82) is 0 Å². The lowest BCUT2D eigenvalue weighted by Gasteiger charge is -2.77. The first-order valence-corrected chi connectivity index (χ1v) is 14.4. The zero-order chi connectivity index (χ0) is 28.2. The molecule has 4 unspecified atom stereocenters. The second-order valence-corrected chi connectivity index (χ2v) is 13.7. The number of rotatable bonds is 2. The number of allylic oxidation sites excluding steroid dienone is 1. The Kier molecular flexibility index (Phi) is 4.53. The van der Waals surface area contributed by atoms with Gasteiger partial charge in [0.2, 0.25) is 5.78 Å². The molecule has 7 N–H and O–H groups in total. The fourth-order valence-corrected chi connectivity index (χ4v) is 10.9. The number of phenols is 1. The second-order valence-electron chi connectivity index (χ2n) is 13.7. The van der Waals surface area contributed by atoms with Crippen LogP contribution in [0, 0.1) is 40.9 Å². The Bertz CT molecular complexity index is 1510. The third kappa shape index (κ3) is 2.48. The number of aliphatic hydroxyl groups is 4. The van der Waals surface area contributed by atoms with Crippen LogP contribution in [-0.4, -0.2) is 54.7 Å². The number of carbonyl (C=O) groups excluding carboxylic acids is 3. The number of hydrogen-bond acceptors (Lipinski definition) is 8. The molecule has 40 heavy (non-hydrogen) atoms. The lowest BCUT2D eigenvalue weighted by atomic mass is 9.27. The van der Waals surface area contributed by atoms with Crippen LogP contribution in [0.25, 0.3) is 0 Å². The van der Waals surface area contributed by atoms with Crippen LogP contribution in [0.2, 0.25) is 0 Å². The van der Waals surface area contributed by atoms with Gasteiger partial charge in [0.15, 0.2) is 11.4 Å². The number of benzene rings is 1. The summed E-state index contributed by atoms with van der Waals surface area (Å²) in [5.41, 5.74) is 2.91. The number of aliphatic hydroxyl groups excluding tert-OH is 3. The molecule has 6 fully saturated rings. The fraction of sp³-hybridized carbons (Fsp3) is 0.581. The summed E-state index contributed by atoms with van der Waals surface area (Å²) in [5, 5.41) is 56.3. The molecule has 1 aromatic carbocycles. The average molecular weight is 548 g/mol. The largest absolute Gasteiger partial charge is 0.511 e. The van der Waals surface area contributed by atoms with Crippen molar-refractivity contribution < 1.29 is 39.9 Å². The number of primary amides is 1. The van der Waals surface area contributed by atoms with E-state index in [0.29, 0.717) is 16.9 Å². The summed E-state index contributed by atoms with van der Waals surface area (Å²) in [6.07, 6.45) is 4.11. The molecule has 0 saturated heterocycles. The summed E-state index contributed by atoms with van der Waals surface area (Å²) in [7, 11) is 0. The van der Waals surface area contributed by atoms with Crippen LogP contribution in [0.15, 0.2) is 34.8 Å². The maximum Gasteiger partial charge on any atom is 0.255 e. The summed E-state index contributed by atoms with van der Waals surface area (Å²) in [6, 6.07) is 3.73. The molecular weight excluding hydrogens is 514 g/mol. The summed E-state index contributed by atoms with van der Waals surface area (Å²) in [4.78, 5) is 39.2. The van der Waals surface area contributed by atoms with Crippen molar-refractivity contribution in [2.45, 2.75) is 69.0 Å². The van der Waals surface area contributed by atoms with Gasteiger partial charge >= 0.3 is 0 Å². The Balaban J connectivity index is 1.23. The van der Waals surface area contributed by atoms with Crippen LogP contribution < -0.4 is 5.73 Å². The summed E-state index contributed by atoms with van der Waals surface area (Å²) >= 11 is 0. The maximum absolute atomic E-state index is 14.1. The fourth-order valence-electron chi connectivity index (χ4n) is 10.9. The SMILES string of the molecule is C[C@H]1c2ccc(C3CC45C6CC(CC4C6)CC35)c(O)c2C(=O)C2=C(O)[C@]3(O)C(=O)C(C(N)=O)=C(O)C[C@@H]3[C@@H](O)[C@@H]21. The predicted octanol–water partition coefficient (Wildman–Crippen LogP) is 2.65. The Labute approximate surface area is 230 Å². The number of phenolic OH excluding ortho intramolecular Hbond substituents is 1. The molecule has 10 rings (SSSR count). The third-order valence-corrected chi connectivity index (χ3v) is 12.6. The molecule has 1 spiro atoms. The first-order chi connectivity index (χ1) is 18.9. The van der Waals surface area contributed by atoms with Crippen molar-refractivity contribution in [3.8, 4) is 5.75 Å². The molecule has 4 bridgehead atoms. The van der Waals surface area contributed by atoms with Crippen LogP contribution in [0.5, 0.6) is 5.75 Å². The number of Topliss-reactive ketones (excluding diaryl/α,β-unsaturated/α-hetero) is 2. The van der Waals surface area contributed by atoms with Gasteiger partial charge in [-0.15, -0.1) is 0 Å². The van der Waals surface area contributed by atoms with Crippen molar-refractivity contribution >= 4 is 17.5 Å². The topological polar surface area (TPSA) is 178 Å². The molecule has 1 amide bonds. The van der Waals surface area contributed by atoms with E-state index in [-0.39, 0.29) is 22.8 Å². The number of fused-ring (bicyclic) bond motifs is 3. The van der Waals surface area contributed by atoms with Gasteiger partial charge in [-0.3, -0.25) is 14.4 Å². The Morgan fingerprint density at radius 1 is 1.00 bits per heavy atom. The maximum atomic E-state index is 14.1. The van der Waals surface area contributed by atoms with Crippen LogP contribution in [-0.2, 0) is 9.59 Å². The Morgan fingerprint density at radius 3 is 2.35 bits per heavy atom. The van der Waals surface area contributed by atoms with E-state index in [0.717, 1.165) is 36.2 Å². The Hall–Kier alpha value is -3.17. The molecule has 0 heterocycles. The van der Waals surface area contributed by atoms with E-state index in [9.17, 15) is 39.9 Å². The van der Waals surface area contributed by atoms with Gasteiger partial charge in [-0.05, 0) is 84.2 Å². The molecule has 0 aliphatic heterocycles. The molecule has 0 aromatic heterocycles. The van der Waals surface area contributed by atoms with E-state index in [4.69, 9.17) is 5.73 Å². The minimum Gasteiger partial charge on any atom is -0.511 e. The number of ketones is 2. The van der Waals surface area contributed by atoms with Gasteiger partial charge in [-0.2, -0.15) is 0 Å². The quantitative estimate of drug-likeness (QED) is 0.306. The smallest absolute Gasteiger partial charge is 0.255 e. The first kappa shape index (κ1) is 24.6. The average Bonchev–Trinajstić information content (AvgIpc) is 2.89. The molecule has 9 aliphatic rings. The molecular formula is C31H33NO8. The predicted molar refractivity (Wildman–Crippen MR) is 139 cm³/mol. The van der Waals surface area contributed by atoms with E-state index in [1.54, 1.807) is 6.92 Å². The van der Waals surface area contributed by atoms with Crippen molar-refractivity contribution in [3.05, 3.63) is 51.5 Å². The van der Waals surface area contributed by atoms with Gasteiger partial charge in [-0.25, -0.2) is 0 Å². The number of aromatic hydroxyl groups is 1. The van der Waals surface area contributed by atoms with Crippen LogP contribution >= 0.6 is 0 Å². The highest BCUT2D eigenvalue weighted by Crippen LogP contribution is 2.81. The van der Waals surface area contributed by atoms with E-state index in [2.05, 4.69) is 0 Å². The lowest BCUT2D eigenvalue weighted by Crippen LogP contribution is -2.69. The molecule has 210 valence electrons. The normalized spacial score (nSPS) is 46.1. The van der Waals surface area contributed by atoms with Crippen molar-refractivity contribution in [2.75, 3.05) is 0 Å². The van der Waals surface area contributed by atoms with Gasteiger partial charge in [0.1, 0.15) is 22.8 Å². The van der Waals surface area contributed by atoms with Gasteiger partial charge < -0.3 is 31.3 Å². The summed E-state index contributed by atoms with van der Waals surface area (Å²) < 4.78 is 0. The van der Waals surface area contributed by atoms with E-state index < -0.39 is 70.4 Å². The van der Waals surface area contributed by atoms with Gasteiger partial charge in [0, 0.05) is 23.8 Å². The van der Waals surface area contributed by atoms with Crippen LogP contribution in [0.1, 0.15) is 78.8 Å². The van der Waals surface area contributed by atoms with E-state index in [1.165, 1.54) is 19.3 Å². The summed E-state index contributed by atoms with van der Waals surface area (Å²) in [5.74, 6) is -5.17. The highest BCUT2D eigenvalue weighted by molar-refractivity contribution is 6.24. The summed E-state index contributed by atoms with van der Waals surface area (Å²) in [6.45, 7) is 1.76. The van der Waals surface area contributed by atoms with Crippen LogP contribution in [0.4, 0.5) is 0 Å². The molecule has 6 saturated carbocycles. The van der Waals surface area contributed by atoms with Crippen molar-refractivity contribution in [2.24, 2.45) is 46.7 Å². The lowest BCUT2D eigenvalue weighted by molar-refractivity contribution is -0.266. The number of hydrogen-bond donors (Lipinski definition) is 6. The van der Waals surface area contributed by atoms with Crippen LogP contribution in [0.3, 0.4) is 0 Å². The highest BCUT2D eigenvalue weighted by Gasteiger charge is 2.72. The Morgan fingerprint density at radius 2 is 1.68 bits per heavy atom.